The van der Waals surface area contributed by atoms with Crippen molar-refractivity contribution < 1.29 is 4.79 Å². The smallest absolute Gasteiger partial charge is 0.176 e. The third-order valence-electron chi connectivity index (χ3n) is 2.33. The quantitative estimate of drug-likeness (QED) is 0.596. The number of carbonyl (C=O) groups excluding carboxylic acids is 1. The molecule has 0 spiro atoms. The predicted octanol–water partition coefficient (Wildman–Crippen LogP) is 3.52. The lowest BCUT2D eigenvalue weighted by Crippen LogP contribution is -2.11. The SMILES string of the molecule is CCc1ccc(C(=O)C(C)Br)c(C)c1. The van der Waals surface area contributed by atoms with Crippen LogP contribution in [0.5, 0.6) is 0 Å². The Bertz CT molecular complexity index is 342. The number of carbonyl (C=O) groups is 1. The van der Waals surface area contributed by atoms with Crippen molar-refractivity contribution in [1.82, 2.24) is 0 Å². The minimum absolute atomic E-state index is 0.103. The van der Waals surface area contributed by atoms with Crippen LogP contribution in [0.2, 0.25) is 0 Å². The fourth-order valence-corrected chi connectivity index (χ4v) is 1.68. The molecule has 0 aliphatic heterocycles. The van der Waals surface area contributed by atoms with Gasteiger partial charge in [0.05, 0.1) is 4.83 Å². The van der Waals surface area contributed by atoms with Crippen LogP contribution in [0.3, 0.4) is 0 Å². The third-order valence-corrected chi connectivity index (χ3v) is 2.74. The lowest BCUT2D eigenvalue weighted by Gasteiger charge is -2.08. The van der Waals surface area contributed by atoms with Gasteiger partial charge in [0.25, 0.3) is 0 Å². The van der Waals surface area contributed by atoms with E-state index in [1.807, 2.05) is 26.0 Å². The third kappa shape index (κ3) is 2.44. The molecule has 0 radical (unpaired) electrons. The molecule has 1 aromatic carbocycles. The Hall–Kier alpha value is -0.630. The standard InChI is InChI=1S/C12H15BrO/c1-4-10-5-6-11(8(2)7-10)12(14)9(3)13/h5-7,9H,4H2,1-3H3. The van der Waals surface area contributed by atoms with E-state index in [4.69, 9.17) is 0 Å². The Morgan fingerprint density at radius 3 is 2.57 bits per heavy atom. The van der Waals surface area contributed by atoms with Crippen molar-refractivity contribution in [1.29, 1.82) is 0 Å². The van der Waals surface area contributed by atoms with Crippen LogP contribution in [0.1, 0.15) is 35.3 Å². The van der Waals surface area contributed by atoms with Gasteiger partial charge in [-0.3, -0.25) is 4.79 Å². The Balaban J connectivity index is 3.06. The topological polar surface area (TPSA) is 17.1 Å². The van der Waals surface area contributed by atoms with Gasteiger partial charge in [-0.25, -0.2) is 0 Å². The highest BCUT2D eigenvalue weighted by atomic mass is 79.9. The maximum absolute atomic E-state index is 11.7. The molecule has 0 aliphatic rings. The molecule has 0 N–H and O–H groups in total. The van der Waals surface area contributed by atoms with Crippen molar-refractivity contribution in [3.63, 3.8) is 0 Å². The number of benzene rings is 1. The van der Waals surface area contributed by atoms with Crippen molar-refractivity contribution in [2.45, 2.75) is 32.0 Å². The molecular formula is C12H15BrO. The highest BCUT2D eigenvalue weighted by Crippen LogP contribution is 2.16. The van der Waals surface area contributed by atoms with Crippen LogP contribution in [-0.4, -0.2) is 10.6 Å². The second kappa shape index (κ2) is 4.74. The van der Waals surface area contributed by atoms with Crippen LogP contribution in [-0.2, 0) is 6.42 Å². The largest absolute Gasteiger partial charge is 0.293 e. The molecule has 1 nitrogen and oxygen atoms in total. The number of rotatable bonds is 3. The molecule has 0 aliphatic carbocycles. The minimum Gasteiger partial charge on any atom is -0.293 e. The van der Waals surface area contributed by atoms with Crippen molar-refractivity contribution in [2.24, 2.45) is 0 Å². The zero-order valence-electron chi connectivity index (χ0n) is 8.80. The zero-order valence-corrected chi connectivity index (χ0v) is 10.4. The second-order valence-corrected chi connectivity index (χ2v) is 4.86. The van der Waals surface area contributed by atoms with E-state index in [0.717, 1.165) is 17.5 Å². The van der Waals surface area contributed by atoms with Crippen molar-refractivity contribution in [3.8, 4) is 0 Å². The van der Waals surface area contributed by atoms with Gasteiger partial charge in [-0.1, -0.05) is 41.1 Å². The summed E-state index contributed by atoms with van der Waals surface area (Å²) >= 11 is 3.30. The van der Waals surface area contributed by atoms with Crippen LogP contribution < -0.4 is 0 Å². The van der Waals surface area contributed by atoms with Gasteiger partial charge < -0.3 is 0 Å². The molecule has 76 valence electrons. The zero-order chi connectivity index (χ0) is 10.7. The summed E-state index contributed by atoms with van der Waals surface area (Å²) in [6, 6.07) is 6.03. The predicted molar refractivity (Wildman–Crippen MR) is 63.3 cm³/mol. The van der Waals surface area contributed by atoms with E-state index in [-0.39, 0.29) is 10.6 Å². The average molecular weight is 255 g/mol. The summed E-state index contributed by atoms with van der Waals surface area (Å²) in [6.45, 7) is 5.96. The summed E-state index contributed by atoms with van der Waals surface area (Å²) in [6.07, 6.45) is 1.01. The highest BCUT2D eigenvalue weighted by molar-refractivity contribution is 9.10. The van der Waals surface area contributed by atoms with E-state index in [2.05, 4.69) is 28.9 Å². The molecule has 0 saturated carbocycles. The molecule has 1 rings (SSSR count). The first kappa shape index (κ1) is 11.4. The first-order valence-corrected chi connectivity index (χ1v) is 5.75. The van der Waals surface area contributed by atoms with Gasteiger partial charge in [-0.2, -0.15) is 0 Å². The molecule has 2 heteroatoms. The van der Waals surface area contributed by atoms with Gasteiger partial charge in [0.1, 0.15) is 0 Å². The lowest BCUT2D eigenvalue weighted by atomic mass is 10.00. The van der Waals surface area contributed by atoms with Crippen LogP contribution in [0.15, 0.2) is 18.2 Å². The molecule has 1 unspecified atom stereocenters. The van der Waals surface area contributed by atoms with E-state index < -0.39 is 0 Å². The number of halogens is 1. The molecule has 0 saturated heterocycles. The second-order valence-electron chi connectivity index (χ2n) is 3.48. The molecule has 0 aromatic heterocycles. The summed E-state index contributed by atoms with van der Waals surface area (Å²) in [5.41, 5.74) is 3.17. The maximum atomic E-state index is 11.7. The number of Topliss-reactive ketones (excluding diaryl/α,β-unsaturated/α-hetero) is 1. The monoisotopic (exact) mass is 254 g/mol. The fraction of sp³-hybridized carbons (Fsp3) is 0.417. The van der Waals surface area contributed by atoms with Crippen LogP contribution in [0.25, 0.3) is 0 Å². The van der Waals surface area contributed by atoms with Gasteiger partial charge in [0, 0.05) is 5.56 Å². The average Bonchev–Trinajstić information content (AvgIpc) is 2.16. The van der Waals surface area contributed by atoms with Gasteiger partial charge in [0.15, 0.2) is 5.78 Å². The first-order valence-electron chi connectivity index (χ1n) is 4.84. The number of alkyl halides is 1. The number of ketones is 1. The lowest BCUT2D eigenvalue weighted by molar-refractivity contribution is 0.0995. The molecule has 0 bridgehead atoms. The van der Waals surface area contributed by atoms with Gasteiger partial charge in [-0.05, 0) is 31.4 Å². The van der Waals surface area contributed by atoms with Gasteiger partial charge in [0.2, 0.25) is 0 Å². The van der Waals surface area contributed by atoms with E-state index in [0.29, 0.717) is 0 Å². The summed E-state index contributed by atoms with van der Waals surface area (Å²) in [5.74, 6) is 0.158. The summed E-state index contributed by atoms with van der Waals surface area (Å²) in [5, 5.41) is 0. The summed E-state index contributed by atoms with van der Waals surface area (Å²) in [4.78, 5) is 11.6. The van der Waals surface area contributed by atoms with Gasteiger partial charge in [-0.15, -0.1) is 0 Å². The summed E-state index contributed by atoms with van der Waals surface area (Å²) < 4.78 is 0. The maximum Gasteiger partial charge on any atom is 0.176 e. The van der Waals surface area contributed by atoms with E-state index >= 15 is 0 Å². The van der Waals surface area contributed by atoms with Crippen LogP contribution >= 0.6 is 15.9 Å². The molecule has 1 aromatic rings. The van der Waals surface area contributed by atoms with Crippen molar-refractivity contribution in [2.75, 3.05) is 0 Å². The molecule has 14 heavy (non-hydrogen) atoms. The Morgan fingerprint density at radius 1 is 1.50 bits per heavy atom. The summed E-state index contributed by atoms with van der Waals surface area (Å²) in [7, 11) is 0. The molecule has 1 atom stereocenters. The van der Waals surface area contributed by atoms with Gasteiger partial charge >= 0.3 is 0 Å². The van der Waals surface area contributed by atoms with E-state index in [1.54, 1.807) is 0 Å². The van der Waals surface area contributed by atoms with Crippen LogP contribution in [0.4, 0.5) is 0 Å². The fourth-order valence-electron chi connectivity index (χ4n) is 1.44. The molecule has 0 heterocycles. The Kier molecular flexibility index (Phi) is 3.87. The molecule has 0 fully saturated rings. The highest BCUT2D eigenvalue weighted by Gasteiger charge is 2.13. The number of hydrogen-bond donors (Lipinski definition) is 0. The number of aryl methyl sites for hydroxylation is 2. The molecule has 0 amide bonds. The minimum atomic E-state index is -0.103. The first-order chi connectivity index (χ1) is 6.56. The molecular weight excluding hydrogens is 240 g/mol. The number of hydrogen-bond acceptors (Lipinski definition) is 1. The Labute approximate surface area is 93.7 Å². The van der Waals surface area contributed by atoms with Crippen LogP contribution in [0, 0.1) is 6.92 Å². The van der Waals surface area contributed by atoms with E-state index in [9.17, 15) is 4.79 Å². The van der Waals surface area contributed by atoms with Crippen molar-refractivity contribution in [3.05, 3.63) is 34.9 Å². The Morgan fingerprint density at radius 2 is 2.14 bits per heavy atom. The normalized spacial score (nSPS) is 12.6. The van der Waals surface area contributed by atoms with Crippen molar-refractivity contribution >= 4 is 21.7 Å². The van der Waals surface area contributed by atoms with E-state index in [1.165, 1.54) is 5.56 Å².